The normalized spacial score (nSPS) is 23.9. The van der Waals surface area contributed by atoms with Gasteiger partial charge in [-0.3, -0.25) is 4.79 Å². The van der Waals surface area contributed by atoms with Crippen molar-refractivity contribution in [2.45, 2.75) is 51.1 Å². The van der Waals surface area contributed by atoms with Crippen LogP contribution in [0.5, 0.6) is 0 Å². The smallest absolute Gasteiger partial charge is 0.227 e. The number of carbonyl (C=O) groups excluding carboxylic acids is 1. The van der Waals surface area contributed by atoms with E-state index < -0.39 is 0 Å². The monoisotopic (exact) mass is 276 g/mol. The number of carbonyl (C=O) groups is 1. The van der Waals surface area contributed by atoms with Crippen molar-refractivity contribution in [1.82, 2.24) is 10.2 Å². The van der Waals surface area contributed by atoms with Gasteiger partial charge in [0.2, 0.25) is 5.91 Å². The number of hydrogen-bond acceptors (Lipinski definition) is 3. The first-order chi connectivity index (χ1) is 9.84. The second-order valence-corrected chi connectivity index (χ2v) is 6.03. The molecule has 4 heteroatoms. The largest absolute Gasteiger partial charge is 0.467 e. The lowest BCUT2D eigenvalue weighted by Gasteiger charge is -2.33. The number of rotatable bonds is 4. The van der Waals surface area contributed by atoms with E-state index in [9.17, 15) is 4.79 Å². The van der Waals surface area contributed by atoms with Crippen LogP contribution in [0.15, 0.2) is 22.8 Å². The van der Waals surface area contributed by atoms with Crippen LogP contribution in [0.25, 0.3) is 0 Å². The predicted octanol–water partition coefficient (Wildman–Crippen LogP) is 2.55. The molecule has 110 valence electrons. The first kappa shape index (κ1) is 13.7. The third-order valence-corrected chi connectivity index (χ3v) is 4.60. The maximum absolute atomic E-state index is 12.9. The lowest BCUT2D eigenvalue weighted by molar-refractivity contribution is -0.139. The SMILES string of the molecule is O=C([C@H]1CCCNC1)N(Cc1ccco1)C1CCCC1. The average molecular weight is 276 g/mol. The molecular formula is C16H24N2O2. The van der Waals surface area contributed by atoms with Crippen molar-refractivity contribution in [3.8, 4) is 0 Å². The van der Waals surface area contributed by atoms with Crippen LogP contribution in [0.2, 0.25) is 0 Å². The van der Waals surface area contributed by atoms with Gasteiger partial charge < -0.3 is 14.6 Å². The summed E-state index contributed by atoms with van der Waals surface area (Å²) >= 11 is 0. The van der Waals surface area contributed by atoms with E-state index >= 15 is 0 Å². The van der Waals surface area contributed by atoms with Gasteiger partial charge in [0.15, 0.2) is 0 Å². The maximum atomic E-state index is 12.9. The van der Waals surface area contributed by atoms with E-state index in [0.717, 1.165) is 44.5 Å². The minimum absolute atomic E-state index is 0.152. The fourth-order valence-electron chi connectivity index (χ4n) is 3.47. The summed E-state index contributed by atoms with van der Waals surface area (Å²) in [5.41, 5.74) is 0. The van der Waals surface area contributed by atoms with Gasteiger partial charge in [0, 0.05) is 12.6 Å². The second kappa shape index (κ2) is 6.44. The average Bonchev–Trinajstić information content (AvgIpc) is 3.18. The molecule has 1 amide bonds. The van der Waals surface area contributed by atoms with E-state index in [0.29, 0.717) is 18.5 Å². The van der Waals surface area contributed by atoms with Crippen LogP contribution in [-0.2, 0) is 11.3 Å². The van der Waals surface area contributed by atoms with Crippen molar-refractivity contribution < 1.29 is 9.21 Å². The fraction of sp³-hybridized carbons (Fsp3) is 0.688. The number of amides is 1. The zero-order chi connectivity index (χ0) is 13.8. The second-order valence-electron chi connectivity index (χ2n) is 6.03. The van der Waals surface area contributed by atoms with E-state index in [1.165, 1.54) is 12.8 Å². The summed E-state index contributed by atoms with van der Waals surface area (Å²) in [4.78, 5) is 14.9. The Kier molecular flexibility index (Phi) is 4.41. The molecule has 0 radical (unpaired) electrons. The molecule has 1 aliphatic carbocycles. The molecular weight excluding hydrogens is 252 g/mol. The molecule has 1 aliphatic heterocycles. The molecule has 0 unspecified atom stereocenters. The van der Waals surface area contributed by atoms with Crippen molar-refractivity contribution >= 4 is 5.91 Å². The Morgan fingerprint density at radius 1 is 1.30 bits per heavy atom. The number of nitrogens with zero attached hydrogens (tertiary/aromatic N) is 1. The molecule has 2 heterocycles. The highest BCUT2D eigenvalue weighted by Crippen LogP contribution is 2.27. The van der Waals surface area contributed by atoms with E-state index in [1.807, 2.05) is 12.1 Å². The zero-order valence-electron chi connectivity index (χ0n) is 12.0. The lowest BCUT2D eigenvalue weighted by atomic mass is 9.97. The summed E-state index contributed by atoms with van der Waals surface area (Å²) in [6.45, 7) is 2.51. The highest BCUT2D eigenvalue weighted by atomic mass is 16.3. The first-order valence-corrected chi connectivity index (χ1v) is 7.88. The van der Waals surface area contributed by atoms with Crippen LogP contribution >= 0.6 is 0 Å². The summed E-state index contributed by atoms with van der Waals surface area (Å²) in [6, 6.07) is 4.28. The minimum Gasteiger partial charge on any atom is -0.467 e. The summed E-state index contributed by atoms with van der Waals surface area (Å²) in [7, 11) is 0. The van der Waals surface area contributed by atoms with Crippen LogP contribution < -0.4 is 5.32 Å². The summed E-state index contributed by atoms with van der Waals surface area (Å²) in [5.74, 6) is 1.37. The van der Waals surface area contributed by atoms with Crippen LogP contribution in [-0.4, -0.2) is 29.9 Å². The third kappa shape index (κ3) is 3.06. The fourth-order valence-corrected chi connectivity index (χ4v) is 3.47. The van der Waals surface area contributed by atoms with E-state index in [1.54, 1.807) is 6.26 Å². The summed E-state index contributed by atoms with van der Waals surface area (Å²) < 4.78 is 5.45. The molecule has 1 saturated carbocycles. The zero-order valence-corrected chi connectivity index (χ0v) is 12.0. The van der Waals surface area contributed by atoms with Crippen molar-refractivity contribution in [2.24, 2.45) is 5.92 Å². The Labute approximate surface area is 120 Å². The Hall–Kier alpha value is -1.29. The molecule has 3 rings (SSSR count). The van der Waals surface area contributed by atoms with E-state index in [-0.39, 0.29) is 5.92 Å². The van der Waals surface area contributed by atoms with Gasteiger partial charge in [-0.25, -0.2) is 0 Å². The van der Waals surface area contributed by atoms with Crippen LogP contribution in [0.1, 0.15) is 44.3 Å². The summed E-state index contributed by atoms with van der Waals surface area (Å²) in [6.07, 6.45) is 8.60. The van der Waals surface area contributed by atoms with E-state index in [2.05, 4.69) is 10.2 Å². The number of nitrogens with one attached hydrogen (secondary N) is 1. The standard InChI is InChI=1S/C16H24N2O2/c19-16(13-5-3-9-17-11-13)18(14-6-1-2-7-14)12-15-8-4-10-20-15/h4,8,10,13-14,17H,1-3,5-7,9,11-12H2/t13-/m0/s1. The lowest BCUT2D eigenvalue weighted by Crippen LogP contribution is -2.46. The molecule has 20 heavy (non-hydrogen) atoms. The van der Waals surface area contributed by atoms with Crippen molar-refractivity contribution in [3.63, 3.8) is 0 Å². The Morgan fingerprint density at radius 2 is 2.15 bits per heavy atom. The molecule has 2 fully saturated rings. The Bertz CT molecular complexity index is 418. The topological polar surface area (TPSA) is 45.5 Å². The molecule has 0 spiro atoms. The first-order valence-electron chi connectivity index (χ1n) is 7.88. The highest BCUT2D eigenvalue weighted by molar-refractivity contribution is 5.79. The van der Waals surface area contributed by atoms with Gasteiger partial charge in [-0.15, -0.1) is 0 Å². The molecule has 1 aromatic heterocycles. The van der Waals surface area contributed by atoms with Gasteiger partial charge in [0.1, 0.15) is 5.76 Å². The summed E-state index contributed by atoms with van der Waals surface area (Å²) in [5, 5.41) is 3.35. The van der Waals surface area contributed by atoms with Crippen LogP contribution in [0.4, 0.5) is 0 Å². The molecule has 4 nitrogen and oxygen atoms in total. The number of furan rings is 1. The van der Waals surface area contributed by atoms with Crippen molar-refractivity contribution in [2.75, 3.05) is 13.1 Å². The third-order valence-electron chi connectivity index (χ3n) is 4.60. The van der Waals surface area contributed by atoms with E-state index in [4.69, 9.17) is 4.42 Å². The maximum Gasteiger partial charge on any atom is 0.227 e. The number of hydrogen-bond donors (Lipinski definition) is 1. The van der Waals surface area contributed by atoms with Gasteiger partial charge in [-0.1, -0.05) is 12.8 Å². The Morgan fingerprint density at radius 3 is 2.80 bits per heavy atom. The molecule has 0 bridgehead atoms. The van der Waals surface area contributed by atoms with Crippen molar-refractivity contribution in [1.29, 1.82) is 0 Å². The quantitative estimate of drug-likeness (QED) is 0.919. The molecule has 1 aromatic rings. The van der Waals surface area contributed by atoms with Gasteiger partial charge in [0.25, 0.3) is 0 Å². The molecule has 1 saturated heterocycles. The molecule has 0 aromatic carbocycles. The van der Waals surface area contributed by atoms with Crippen molar-refractivity contribution in [3.05, 3.63) is 24.2 Å². The van der Waals surface area contributed by atoms with Gasteiger partial charge in [-0.2, -0.15) is 0 Å². The molecule has 1 N–H and O–H groups in total. The Balaban J connectivity index is 1.71. The number of piperidine rings is 1. The van der Waals surface area contributed by atoms with Crippen LogP contribution in [0, 0.1) is 5.92 Å². The van der Waals surface area contributed by atoms with Crippen LogP contribution in [0.3, 0.4) is 0 Å². The molecule has 2 aliphatic rings. The molecule has 1 atom stereocenters. The minimum atomic E-state index is 0.152. The van der Waals surface area contributed by atoms with Gasteiger partial charge in [0.05, 0.1) is 18.7 Å². The van der Waals surface area contributed by atoms with Gasteiger partial charge in [-0.05, 0) is 44.4 Å². The highest BCUT2D eigenvalue weighted by Gasteiger charge is 2.32. The van der Waals surface area contributed by atoms with Gasteiger partial charge >= 0.3 is 0 Å². The predicted molar refractivity (Wildman–Crippen MR) is 77.1 cm³/mol.